The summed E-state index contributed by atoms with van der Waals surface area (Å²) in [5.41, 5.74) is 2.20. The number of anilines is 1. The van der Waals surface area contributed by atoms with Crippen molar-refractivity contribution in [3.63, 3.8) is 0 Å². The number of hydrogen-bond donors (Lipinski definition) is 1. The van der Waals surface area contributed by atoms with Gasteiger partial charge in [-0.05, 0) is 24.6 Å². The monoisotopic (exact) mass is 301 g/mol. The van der Waals surface area contributed by atoms with Gasteiger partial charge in [-0.15, -0.1) is 0 Å². The van der Waals surface area contributed by atoms with Crippen LogP contribution in [0, 0.1) is 0 Å². The number of aliphatic hydroxyl groups excluding tert-OH is 1. The molecule has 0 amide bonds. The van der Waals surface area contributed by atoms with Crippen LogP contribution in [0.1, 0.15) is 18.6 Å². The minimum Gasteiger partial charge on any atom is -0.389 e. The van der Waals surface area contributed by atoms with E-state index in [9.17, 15) is 5.11 Å². The largest absolute Gasteiger partial charge is 0.389 e. The molecule has 0 aromatic heterocycles. The average molecular weight is 302 g/mol. The van der Waals surface area contributed by atoms with E-state index in [4.69, 9.17) is 0 Å². The molecule has 1 fully saturated rings. The SMILES string of the molecule is CC(O)c1ccc(N2CCSCC2)cc1Br. The zero-order chi connectivity index (χ0) is 11.5. The Labute approximate surface area is 109 Å². The minimum absolute atomic E-state index is 0.416. The van der Waals surface area contributed by atoms with Crippen LogP contribution >= 0.6 is 27.7 Å². The van der Waals surface area contributed by atoms with E-state index in [1.807, 2.05) is 17.8 Å². The standard InChI is InChI=1S/C12H16BrNOS/c1-9(15)11-3-2-10(8-12(11)13)14-4-6-16-7-5-14/h2-3,8-9,15H,4-7H2,1H3. The summed E-state index contributed by atoms with van der Waals surface area (Å²) in [6, 6.07) is 6.21. The van der Waals surface area contributed by atoms with Crippen LogP contribution in [0.3, 0.4) is 0 Å². The molecule has 1 aromatic rings. The van der Waals surface area contributed by atoms with Crippen molar-refractivity contribution in [2.45, 2.75) is 13.0 Å². The third-order valence-corrected chi connectivity index (χ3v) is 4.44. The fourth-order valence-corrected chi connectivity index (χ4v) is 3.47. The van der Waals surface area contributed by atoms with Gasteiger partial charge in [0.1, 0.15) is 0 Å². The molecule has 1 atom stereocenters. The molecular formula is C12H16BrNOS. The van der Waals surface area contributed by atoms with E-state index in [-0.39, 0.29) is 0 Å². The van der Waals surface area contributed by atoms with Gasteiger partial charge in [-0.2, -0.15) is 11.8 Å². The molecule has 0 aliphatic carbocycles. The van der Waals surface area contributed by atoms with Crippen molar-refractivity contribution in [2.24, 2.45) is 0 Å². The molecule has 1 aliphatic heterocycles. The second-order valence-corrected chi connectivity index (χ2v) is 6.06. The molecule has 1 aromatic carbocycles. The van der Waals surface area contributed by atoms with Crippen molar-refractivity contribution >= 4 is 33.4 Å². The van der Waals surface area contributed by atoms with Gasteiger partial charge in [0.25, 0.3) is 0 Å². The summed E-state index contributed by atoms with van der Waals surface area (Å²) in [7, 11) is 0. The number of benzene rings is 1. The topological polar surface area (TPSA) is 23.5 Å². The fourth-order valence-electron chi connectivity index (χ4n) is 1.87. The second-order valence-electron chi connectivity index (χ2n) is 3.98. The number of aliphatic hydroxyl groups is 1. The number of rotatable bonds is 2. The van der Waals surface area contributed by atoms with Crippen molar-refractivity contribution in [3.8, 4) is 0 Å². The summed E-state index contributed by atoms with van der Waals surface area (Å²) in [4.78, 5) is 2.40. The quantitative estimate of drug-likeness (QED) is 0.908. The maximum Gasteiger partial charge on any atom is 0.0772 e. The maximum atomic E-state index is 9.56. The van der Waals surface area contributed by atoms with Crippen molar-refractivity contribution in [1.29, 1.82) is 0 Å². The third kappa shape index (κ3) is 2.73. The van der Waals surface area contributed by atoms with Crippen LogP contribution in [0.15, 0.2) is 22.7 Å². The zero-order valence-electron chi connectivity index (χ0n) is 9.32. The molecule has 1 N–H and O–H groups in total. The Kier molecular flexibility index (Phi) is 4.16. The predicted octanol–water partition coefficient (Wildman–Crippen LogP) is 3.06. The lowest BCUT2D eigenvalue weighted by Crippen LogP contribution is -2.32. The number of halogens is 1. The summed E-state index contributed by atoms with van der Waals surface area (Å²) in [5.74, 6) is 2.41. The highest BCUT2D eigenvalue weighted by atomic mass is 79.9. The van der Waals surface area contributed by atoms with Crippen LogP contribution in [-0.2, 0) is 0 Å². The van der Waals surface area contributed by atoms with E-state index < -0.39 is 6.10 Å². The van der Waals surface area contributed by atoms with Gasteiger partial charge in [0.2, 0.25) is 0 Å². The van der Waals surface area contributed by atoms with E-state index in [1.165, 1.54) is 17.2 Å². The molecule has 1 heterocycles. The average Bonchev–Trinajstić information content (AvgIpc) is 2.29. The number of nitrogens with zero attached hydrogens (tertiary/aromatic N) is 1. The van der Waals surface area contributed by atoms with Crippen LogP contribution in [0.4, 0.5) is 5.69 Å². The maximum absolute atomic E-state index is 9.56. The molecule has 0 bridgehead atoms. The van der Waals surface area contributed by atoms with Gasteiger partial charge >= 0.3 is 0 Å². The smallest absolute Gasteiger partial charge is 0.0772 e. The van der Waals surface area contributed by atoms with Gasteiger partial charge in [0.15, 0.2) is 0 Å². The molecule has 0 saturated carbocycles. The lowest BCUT2D eigenvalue weighted by Gasteiger charge is -2.29. The highest BCUT2D eigenvalue weighted by Gasteiger charge is 2.13. The molecule has 0 spiro atoms. The van der Waals surface area contributed by atoms with Crippen molar-refractivity contribution in [1.82, 2.24) is 0 Å². The fraction of sp³-hybridized carbons (Fsp3) is 0.500. The van der Waals surface area contributed by atoms with Crippen LogP contribution in [0.2, 0.25) is 0 Å². The van der Waals surface area contributed by atoms with Gasteiger partial charge in [0, 0.05) is 34.8 Å². The number of thioether (sulfide) groups is 1. The second kappa shape index (κ2) is 5.43. The Morgan fingerprint density at radius 2 is 2.06 bits per heavy atom. The van der Waals surface area contributed by atoms with E-state index in [2.05, 4.69) is 33.0 Å². The molecule has 1 unspecified atom stereocenters. The normalized spacial score (nSPS) is 18.6. The summed E-state index contributed by atoms with van der Waals surface area (Å²) in [6.07, 6.45) is -0.416. The molecule has 1 saturated heterocycles. The van der Waals surface area contributed by atoms with E-state index in [0.717, 1.165) is 23.1 Å². The van der Waals surface area contributed by atoms with Crippen LogP contribution < -0.4 is 4.90 Å². The van der Waals surface area contributed by atoms with Gasteiger partial charge in [0.05, 0.1) is 6.10 Å². The first-order valence-electron chi connectivity index (χ1n) is 5.48. The van der Waals surface area contributed by atoms with E-state index in [1.54, 1.807) is 6.92 Å². The highest BCUT2D eigenvalue weighted by Crippen LogP contribution is 2.29. The summed E-state index contributed by atoms with van der Waals surface area (Å²) in [6.45, 7) is 4.02. The van der Waals surface area contributed by atoms with Crippen molar-refractivity contribution < 1.29 is 5.11 Å². The first kappa shape index (κ1) is 12.3. The molecule has 0 radical (unpaired) electrons. The van der Waals surface area contributed by atoms with Gasteiger partial charge in [-0.25, -0.2) is 0 Å². The van der Waals surface area contributed by atoms with Gasteiger partial charge in [-0.3, -0.25) is 0 Å². The minimum atomic E-state index is -0.416. The summed E-state index contributed by atoms with van der Waals surface area (Å²) < 4.78 is 0.998. The first-order valence-corrected chi connectivity index (χ1v) is 7.43. The molecular weight excluding hydrogens is 286 g/mol. The van der Waals surface area contributed by atoms with Crippen LogP contribution in [0.5, 0.6) is 0 Å². The summed E-state index contributed by atoms with van der Waals surface area (Å²) in [5, 5.41) is 9.56. The predicted molar refractivity (Wildman–Crippen MR) is 74.3 cm³/mol. The lowest BCUT2D eigenvalue weighted by molar-refractivity contribution is 0.198. The Morgan fingerprint density at radius 1 is 1.38 bits per heavy atom. The summed E-state index contributed by atoms with van der Waals surface area (Å²) >= 11 is 5.53. The molecule has 88 valence electrons. The number of hydrogen-bond acceptors (Lipinski definition) is 3. The van der Waals surface area contributed by atoms with E-state index >= 15 is 0 Å². The Morgan fingerprint density at radius 3 is 2.62 bits per heavy atom. The van der Waals surface area contributed by atoms with Crippen LogP contribution in [0.25, 0.3) is 0 Å². The van der Waals surface area contributed by atoms with Gasteiger partial charge in [-0.1, -0.05) is 22.0 Å². The van der Waals surface area contributed by atoms with Crippen molar-refractivity contribution in [3.05, 3.63) is 28.2 Å². The Bertz CT molecular complexity index is 364. The van der Waals surface area contributed by atoms with Crippen molar-refractivity contribution in [2.75, 3.05) is 29.5 Å². The Balaban J connectivity index is 2.19. The molecule has 16 heavy (non-hydrogen) atoms. The lowest BCUT2D eigenvalue weighted by atomic mass is 10.1. The van der Waals surface area contributed by atoms with E-state index in [0.29, 0.717) is 0 Å². The Hall–Kier alpha value is -0.190. The van der Waals surface area contributed by atoms with Gasteiger partial charge < -0.3 is 10.0 Å². The highest BCUT2D eigenvalue weighted by molar-refractivity contribution is 9.10. The molecule has 2 rings (SSSR count). The molecule has 4 heteroatoms. The molecule has 2 nitrogen and oxygen atoms in total. The first-order chi connectivity index (χ1) is 7.68. The zero-order valence-corrected chi connectivity index (χ0v) is 11.7. The van der Waals surface area contributed by atoms with Crippen LogP contribution in [-0.4, -0.2) is 29.7 Å². The third-order valence-electron chi connectivity index (χ3n) is 2.81. The molecule has 1 aliphatic rings.